The van der Waals surface area contributed by atoms with Gasteiger partial charge in [-0.15, -0.1) is 0 Å². The Hall–Kier alpha value is -2.96. The predicted molar refractivity (Wildman–Crippen MR) is 102 cm³/mol. The summed E-state index contributed by atoms with van der Waals surface area (Å²) in [6, 6.07) is 7.41. The Morgan fingerprint density at radius 2 is 2.26 bits per heavy atom. The summed E-state index contributed by atoms with van der Waals surface area (Å²) in [7, 11) is 0. The number of rotatable bonds is 4. The Labute approximate surface area is 157 Å². The lowest BCUT2D eigenvalue weighted by molar-refractivity contribution is -0.134. The molecule has 1 N–H and O–H groups in total. The van der Waals surface area contributed by atoms with Crippen molar-refractivity contribution in [3.8, 4) is 0 Å². The van der Waals surface area contributed by atoms with Crippen molar-refractivity contribution >= 4 is 16.8 Å². The van der Waals surface area contributed by atoms with E-state index >= 15 is 0 Å². The van der Waals surface area contributed by atoms with Crippen LogP contribution in [0.25, 0.3) is 10.9 Å². The molecule has 0 spiro atoms. The number of nitrogens with one attached hydrogen (secondary N) is 1. The minimum Gasteiger partial charge on any atom is -0.342 e. The van der Waals surface area contributed by atoms with E-state index in [1.54, 1.807) is 18.3 Å². The fourth-order valence-electron chi connectivity index (χ4n) is 3.78. The van der Waals surface area contributed by atoms with Crippen LogP contribution in [0.15, 0.2) is 41.5 Å². The molecule has 140 valence electrons. The van der Waals surface area contributed by atoms with E-state index in [4.69, 9.17) is 0 Å². The molecule has 4 rings (SSSR count). The first kappa shape index (κ1) is 17.5. The van der Waals surface area contributed by atoms with Gasteiger partial charge in [0.25, 0.3) is 5.56 Å². The quantitative estimate of drug-likeness (QED) is 0.767. The summed E-state index contributed by atoms with van der Waals surface area (Å²) in [5, 5.41) is 4.95. The molecule has 1 saturated heterocycles. The average Bonchev–Trinajstić information content (AvgIpc) is 3.30. The molecule has 7 heteroatoms. The first-order chi connectivity index (χ1) is 13.0. The lowest BCUT2D eigenvalue weighted by Gasteiger charge is -2.21. The number of aryl methyl sites for hydroxylation is 1. The number of aromatic amines is 1. The standard InChI is InChI=1S/C20H23N5O2/c1-13(11-25-9-5-14(2)23-25)20(27)24-8-6-15(12-24)17-10-18-16(19(26)22-17)4-3-7-21-18/h3-5,7,9-10,13,15H,6,8,11-12H2,1-2H3,(H,22,26)/t13-,15+/m0/s1. The highest BCUT2D eigenvalue weighted by Crippen LogP contribution is 2.27. The smallest absolute Gasteiger partial charge is 0.257 e. The van der Waals surface area contributed by atoms with Crippen molar-refractivity contribution in [1.82, 2.24) is 24.6 Å². The fourth-order valence-corrected chi connectivity index (χ4v) is 3.78. The number of pyridine rings is 2. The van der Waals surface area contributed by atoms with Gasteiger partial charge in [0.15, 0.2) is 0 Å². The SMILES string of the molecule is Cc1ccn(C[C@H](C)C(=O)N2CC[C@@H](c3cc4ncccc4c(=O)[nH]3)C2)n1. The van der Waals surface area contributed by atoms with Crippen LogP contribution in [-0.4, -0.2) is 43.6 Å². The Bertz CT molecular complexity index is 1040. The van der Waals surface area contributed by atoms with Crippen molar-refractivity contribution in [3.63, 3.8) is 0 Å². The minimum atomic E-state index is -0.139. The average molecular weight is 365 g/mol. The molecule has 0 saturated carbocycles. The molecule has 0 unspecified atom stereocenters. The third-order valence-electron chi connectivity index (χ3n) is 5.23. The lowest BCUT2D eigenvalue weighted by Crippen LogP contribution is -2.35. The number of hydrogen-bond acceptors (Lipinski definition) is 4. The Kier molecular flexibility index (Phi) is 4.51. The van der Waals surface area contributed by atoms with Crippen LogP contribution < -0.4 is 5.56 Å². The van der Waals surface area contributed by atoms with Crippen molar-refractivity contribution in [1.29, 1.82) is 0 Å². The van der Waals surface area contributed by atoms with Crippen LogP contribution in [0.1, 0.15) is 30.7 Å². The highest BCUT2D eigenvalue weighted by Gasteiger charge is 2.30. The highest BCUT2D eigenvalue weighted by molar-refractivity contribution is 5.79. The van der Waals surface area contributed by atoms with Crippen molar-refractivity contribution in [2.45, 2.75) is 32.7 Å². The third kappa shape index (κ3) is 3.49. The zero-order chi connectivity index (χ0) is 19.0. The van der Waals surface area contributed by atoms with Crippen molar-refractivity contribution in [3.05, 3.63) is 58.4 Å². The molecule has 0 aromatic carbocycles. The van der Waals surface area contributed by atoms with Gasteiger partial charge >= 0.3 is 0 Å². The van der Waals surface area contributed by atoms with Crippen LogP contribution in [0.4, 0.5) is 0 Å². The number of carbonyl (C=O) groups excluding carboxylic acids is 1. The minimum absolute atomic E-state index is 0.122. The maximum Gasteiger partial charge on any atom is 0.257 e. The molecule has 0 aliphatic carbocycles. The summed E-state index contributed by atoms with van der Waals surface area (Å²) >= 11 is 0. The molecule has 1 amide bonds. The zero-order valence-electron chi connectivity index (χ0n) is 15.6. The molecule has 3 aromatic rings. The van der Waals surface area contributed by atoms with Gasteiger partial charge in [-0.05, 0) is 37.6 Å². The molecule has 27 heavy (non-hydrogen) atoms. The zero-order valence-corrected chi connectivity index (χ0v) is 15.6. The summed E-state index contributed by atoms with van der Waals surface area (Å²) in [6.07, 6.45) is 4.43. The molecule has 1 aliphatic heterocycles. The van der Waals surface area contributed by atoms with Crippen LogP contribution in [0.2, 0.25) is 0 Å². The molecular weight excluding hydrogens is 342 g/mol. The van der Waals surface area contributed by atoms with E-state index < -0.39 is 0 Å². The lowest BCUT2D eigenvalue weighted by atomic mass is 10.0. The van der Waals surface area contributed by atoms with Crippen LogP contribution in [0, 0.1) is 12.8 Å². The van der Waals surface area contributed by atoms with Gasteiger partial charge in [-0.3, -0.25) is 19.3 Å². The number of carbonyl (C=O) groups is 1. The summed E-state index contributed by atoms with van der Waals surface area (Å²) in [6.45, 7) is 5.77. The second-order valence-electron chi connectivity index (χ2n) is 7.34. The number of fused-ring (bicyclic) bond motifs is 1. The predicted octanol–water partition coefficient (Wildman–Crippen LogP) is 2.08. The number of likely N-dealkylation sites (tertiary alicyclic amines) is 1. The van der Waals surface area contributed by atoms with Gasteiger partial charge in [-0.25, -0.2) is 0 Å². The van der Waals surface area contributed by atoms with E-state index in [0.29, 0.717) is 30.5 Å². The maximum absolute atomic E-state index is 12.8. The molecule has 7 nitrogen and oxygen atoms in total. The van der Waals surface area contributed by atoms with Crippen molar-refractivity contribution in [2.75, 3.05) is 13.1 Å². The van der Waals surface area contributed by atoms with Gasteiger partial charge in [0.05, 0.1) is 29.1 Å². The molecule has 1 aliphatic rings. The van der Waals surface area contributed by atoms with E-state index in [1.807, 2.05) is 41.8 Å². The topological polar surface area (TPSA) is 83.9 Å². The molecule has 0 radical (unpaired) electrons. The number of amides is 1. The van der Waals surface area contributed by atoms with Gasteiger partial charge in [0.1, 0.15) is 0 Å². The number of nitrogens with zero attached hydrogens (tertiary/aromatic N) is 4. The normalized spacial score (nSPS) is 18.1. The summed E-state index contributed by atoms with van der Waals surface area (Å²) in [4.78, 5) is 34.3. The van der Waals surface area contributed by atoms with E-state index in [9.17, 15) is 9.59 Å². The third-order valence-corrected chi connectivity index (χ3v) is 5.23. The number of hydrogen-bond donors (Lipinski definition) is 1. The van der Waals surface area contributed by atoms with Crippen LogP contribution >= 0.6 is 0 Å². The Balaban J connectivity index is 1.46. The van der Waals surface area contributed by atoms with Crippen LogP contribution in [0.3, 0.4) is 0 Å². The summed E-state index contributed by atoms with van der Waals surface area (Å²) < 4.78 is 1.82. The first-order valence-corrected chi connectivity index (χ1v) is 9.28. The molecule has 3 aromatic heterocycles. The van der Waals surface area contributed by atoms with Crippen molar-refractivity contribution in [2.24, 2.45) is 5.92 Å². The molecule has 2 atom stereocenters. The van der Waals surface area contributed by atoms with Gasteiger partial charge in [0, 0.05) is 37.1 Å². The Morgan fingerprint density at radius 3 is 3.04 bits per heavy atom. The van der Waals surface area contributed by atoms with E-state index in [-0.39, 0.29) is 23.3 Å². The van der Waals surface area contributed by atoms with Crippen molar-refractivity contribution < 1.29 is 4.79 Å². The summed E-state index contributed by atoms with van der Waals surface area (Å²) in [5.41, 5.74) is 2.38. The van der Waals surface area contributed by atoms with E-state index in [2.05, 4.69) is 15.1 Å². The van der Waals surface area contributed by atoms with Gasteiger partial charge in [-0.2, -0.15) is 5.10 Å². The Morgan fingerprint density at radius 1 is 1.41 bits per heavy atom. The molecular formula is C20H23N5O2. The van der Waals surface area contributed by atoms with E-state index in [1.165, 1.54) is 0 Å². The number of aromatic nitrogens is 4. The highest BCUT2D eigenvalue weighted by atomic mass is 16.2. The largest absolute Gasteiger partial charge is 0.342 e. The van der Waals surface area contributed by atoms with Gasteiger partial charge < -0.3 is 9.88 Å². The second kappa shape index (κ2) is 6.98. The van der Waals surface area contributed by atoms with Crippen LogP contribution in [-0.2, 0) is 11.3 Å². The van der Waals surface area contributed by atoms with E-state index in [0.717, 1.165) is 17.8 Å². The van der Waals surface area contributed by atoms with Crippen LogP contribution in [0.5, 0.6) is 0 Å². The number of H-pyrrole nitrogens is 1. The molecule has 1 fully saturated rings. The molecule has 4 heterocycles. The van der Waals surface area contributed by atoms with Gasteiger partial charge in [0.2, 0.25) is 5.91 Å². The summed E-state index contributed by atoms with van der Waals surface area (Å²) in [5.74, 6) is 0.125. The monoisotopic (exact) mass is 365 g/mol. The first-order valence-electron chi connectivity index (χ1n) is 9.28. The molecule has 0 bridgehead atoms. The maximum atomic E-state index is 12.8. The second-order valence-corrected chi connectivity index (χ2v) is 7.34. The van der Waals surface area contributed by atoms with Gasteiger partial charge in [-0.1, -0.05) is 6.92 Å². The fraction of sp³-hybridized carbons (Fsp3) is 0.400.